The standard InChI is InChI=1S/C20H24N2O3S/c1-13(2)14-6-8-15(9-7-14)21-26(24,25)16-10-11-18-17(12-16)20(3,4)19(23)22(18)5/h6-13,21H,1-5H3. The van der Waals surface area contributed by atoms with Gasteiger partial charge in [0, 0.05) is 18.4 Å². The average Bonchev–Trinajstić information content (AvgIpc) is 2.75. The normalized spacial score (nSPS) is 16.1. The summed E-state index contributed by atoms with van der Waals surface area (Å²) in [5, 5.41) is 0. The molecule has 138 valence electrons. The zero-order valence-corrected chi connectivity index (χ0v) is 16.5. The monoisotopic (exact) mass is 372 g/mol. The number of nitrogens with zero attached hydrogens (tertiary/aromatic N) is 1. The van der Waals surface area contributed by atoms with E-state index in [2.05, 4.69) is 18.6 Å². The van der Waals surface area contributed by atoms with Gasteiger partial charge >= 0.3 is 0 Å². The van der Waals surface area contributed by atoms with Crippen molar-refractivity contribution < 1.29 is 13.2 Å². The maximum absolute atomic E-state index is 12.8. The molecule has 0 aliphatic carbocycles. The van der Waals surface area contributed by atoms with Gasteiger partial charge in [-0.2, -0.15) is 0 Å². The third kappa shape index (κ3) is 2.98. The summed E-state index contributed by atoms with van der Waals surface area (Å²) in [6, 6.07) is 12.2. The smallest absolute Gasteiger partial charge is 0.261 e. The second-order valence-electron chi connectivity index (χ2n) is 7.55. The molecule has 2 aromatic carbocycles. The van der Waals surface area contributed by atoms with Crippen LogP contribution in [0.4, 0.5) is 11.4 Å². The lowest BCUT2D eigenvalue weighted by Crippen LogP contribution is -2.33. The van der Waals surface area contributed by atoms with Gasteiger partial charge in [0.1, 0.15) is 0 Å². The van der Waals surface area contributed by atoms with Crippen LogP contribution in [-0.2, 0) is 20.2 Å². The van der Waals surface area contributed by atoms with E-state index in [4.69, 9.17) is 0 Å². The summed E-state index contributed by atoms with van der Waals surface area (Å²) in [6.45, 7) is 7.80. The van der Waals surface area contributed by atoms with Crippen molar-refractivity contribution in [3.63, 3.8) is 0 Å². The summed E-state index contributed by atoms with van der Waals surface area (Å²) in [5.74, 6) is 0.341. The summed E-state index contributed by atoms with van der Waals surface area (Å²) in [6.07, 6.45) is 0. The van der Waals surface area contributed by atoms with E-state index < -0.39 is 15.4 Å². The minimum atomic E-state index is -3.73. The summed E-state index contributed by atoms with van der Waals surface area (Å²) >= 11 is 0. The fourth-order valence-electron chi connectivity index (χ4n) is 3.27. The number of hydrogen-bond acceptors (Lipinski definition) is 3. The van der Waals surface area contributed by atoms with Crippen molar-refractivity contribution in [2.75, 3.05) is 16.7 Å². The molecule has 0 radical (unpaired) electrons. The van der Waals surface area contributed by atoms with Gasteiger partial charge in [-0.05, 0) is 61.2 Å². The van der Waals surface area contributed by atoms with Crippen LogP contribution >= 0.6 is 0 Å². The number of carbonyl (C=O) groups excluding carboxylic acids is 1. The van der Waals surface area contributed by atoms with Crippen LogP contribution in [0.25, 0.3) is 0 Å². The Kier molecular flexibility index (Phi) is 4.35. The maximum Gasteiger partial charge on any atom is 0.261 e. The molecule has 0 atom stereocenters. The van der Waals surface area contributed by atoms with Gasteiger partial charge in [-0.1, -0.05) is 26.0 Å². The van der Waals surface area contributed by atoms with E-state index in [0.717, 1.165) is 16.8 Å². The highest BCUT2D eigenvalue weighted by Gasteiger charge is 2.42. The Labute approximate surface area is 155 Å². The summed E-state index contributed by atoms with van der Waals surface area (Å²) in [7, 11) is -2.03. The summed E-state index contributed by atoms with van der Waals surface area (Å²) < 4.78 is 28.2. The van der Waals surface area contributed by atoms with Crippen LogP contribution < -0.4 is 9.62 Å². The third-order valence-electron chi connectivity index (χ3n) is 4.98. The van der Waals surface area contributed by atoms with Gasteiger partial charge in [-0.15, -0.1) is 0 Å². The van der Waals surface area contributed by atoms with Gasteiger partial charge in [0.25, 0.3) is 10.0 Å². The second-order valence-corrected chi connectivity index (χ2v) is 9.23. The second kappa shape index (κ2) is 6.13. The molecule has 1 heterocycles. The molecule has 1 aliphatic rings. The molecule has 6 heteroatoms. The van der Waals surface area contributed by atoms with Crippen molar-refractivity contribution >= 4 is 27.3 Å². The number of benzene rings is 2. The van der Waals surface area contributed by atoms with E-state index in [0.29, 0.717) is 11.6 Å². The van der Waals surface area contributed by atoms with Crippen LogP contribution in [0.3, 0.4) is 0 Å². The minimum absolute atomic E-state index is 0.0423. The van der Waals surface area contributed by atoms with Crippen LogP contribution in [0.15, 0.2) is 47.4 Å². The number of nitrogens with one attached hydrogen (secondary N) is 1. The van der Waals surface area contributed by atoms with Crippen molar-refractivity contribution in [1.29, 1.82) is 0 Å². The number of likely N-dealkylation sites (N-methyl/N-ethyl adjacent to an activating group) is 1. The first kappa shape index (κ1) is 18.5. The molecule has 26 heavy (non-hydrogen) atoms. The third-order valence-corrected chi connectivity index (χ3v) is 6.36. The zero-order chi connectivity index (χ0) is 19.3. The molecule has 3 rings (SSSR count). The van der Waals surface area contributed by atoms with Gasteiger partial charge in [0.2, 0.25) is 5.91 Å². The Hall–Kier alpha value is -2.34. The number of carbonyl (C=O) groups is 1. The van der Waals surface area contributed by atoms with Crippen LogP contribution in [0.1, 0.15) is 44.7 Å². The first-order valence-corrected chi connectivity index (χ1v) is 10.1. The number of anilines is 2. The van der Waals surface area contributed by atoms with Crippen LogP contribution in [0.5, 0.6) is 0 Å². The van der Waals surface area contributed by atoms with Gasteiger partial charge in [-0.3, -0.25) is 9.52 Å². The summed E-state index contributed by atoms with van der Waals surface area (Å²) in [4.78, 5) is 14.1. The Balaban J connectivity index is 1.94. The molecule has 1 aliphatic heterocycles. The number of amides is 1. The fraction of sp³-hybridized carbons (Fsp3) is 0.350. The Bertz CT molecular complexity index is 961. The predicted octanol–water partition coefficient (Wildman–Crippen LogP) is 3.86. The molecular weight excluding hydrogens is 348 g/mol. The first-order valence-electron chi connectivity index (χ1n) is 8.59. The molecule has 1 N–H and O–H groups in total. The lowest BCUT2D eigenvalue weighted by Gasteiger charge is -2.17. The molecule has 0 bridgehead atoms. The van der Waals surface area contributed by atoms with Crippen molar-refractivity contribution in [3.8, 4) is 0 Å². The van der Waals surface area contributed by atoms with E-state index in [-0.39, 0.29) is 10.8 Å². The van der Waals surface area contributed by atoms with E-state index in [1.807, 2.05) is 26.0 Å². The number of sulfonamides is 1. The van der Waals surface area contributed by atoms with Crippen molar-refractivity contribution in [2.45, 2.75) is 43.9 Å². The quantitative estimate of drug-likeness (QED) is 0.886. The van der Waals surface area contributed by atoms with Gasteiger partial charge in [0.05, 0.1) is 10.3 Å². The molecular formula is C20H24N2O3S. The van der Waals surface area contributed by atoms with E-state index in [1.165, 1.54) is 6.07 Å². The van der Waals surface area contributed by atoms with E-state index in [9.17, 15) is 13.2 Å². The highest BCUT2D eigenvalue weighted by atomic mass is 32.2. The zero-order valence-electron chi connectivity index (χ0n) is 15.7. The van der Waals surface area contributed by atoms with Crippen molar-refractivity contribution in [3.05, 3.63) is 53.6 Å². The highest BCUT2D eigenvalue weighted by Crippen LogP contribution is 2.41. The van der Waals surface area contributed by atoms with Crippen LogP contribution in [0, 0.1) is 0 Å². The number of hydrogen-bond donors (Lipinski definition) is 1. The first-order chi connectivity index (χ1) is 12.0. The van der Waals surface area contributed by atoms with Gasteiger partial charge in [0.15, 0.2) is 0 Å². The van der Waals surface area contributed by atoms with E-state index >= 15 is 0 Å². The molecule has 0 saturated heterocycles. The topological polar surface area (TPSA) is 66.5 Å². The molecule has 0 aromatic heterocycles. The molecule has 0 fully saturated rings. The SMILES string of the molecule is CC(C)c1ccc(NS(=O)(=O)c2ccc3c(c2)C(C)(C)C(=O)N3C)cc1. The summed E-state index contributed by atoms with van der Waals surface area (Å²) in [5.41, 5.74) is 2.40. The Morgan fingerprint density at radius 2 is 1.65 bits per heavy atom. The van der Waals surface area contributed by atoms with Crippen LogP contribution in [-0.4, -0.2) is 21.4 Å². The average molecular weight is 372 g/mol. The van der Waals surface area contributed by atoms with Gasteiger partial charge < -0.3 is 4.90 Å². The Morgan fingerprint density at radius 3 is 2.23 bits per heavy atom. The number of fused-ring (bicyclic) bond motifs is 1. The van der Waals surface area contributed by atoms with Crippen LogP contribution in [0.2, 0.25) is 0 Å². The van der Waals surface area contributed by atoms with Gasteiger partial charge in [-0.25, -0.2) is 8.42 Å². The minimum Gasteiger partial charge on any atom is -0.314 e. The predicted molar refractivity (Wildman–Crippen MR) is 104 cm³/mol. The fourth-order valence-corrected chi connectivity index (χ4v) is 4.35. The highest BCUT2D eigenvalue weighted by molar-refractivity contribution is 7.92. The largest absolute Gasteiger partial charge is 0.314 e. The van der Waals surface area contributed by atoms with Crippen molar-refractivity contribution in [2.24, 2.45) is 0 Å². The molecule has 0 unspecified atom stereocenters. The molecule has 1 amide bonds. The molecule has 0 saturated carbocycles. The van der Waals surface area contributed by atoms with Crippen molar-refractivity contribution in [1.82, 2.24) is 0 Å². The van der Waals surface area contributed by atoms with E-state index in [1.54, 1.807) is 36.2 Å². The lowest BCUT2D eigenvalue weighted by molar-refractivity contribution is -0.121. The maximum atomic E-state index is 12.8. The molecule has 2 aromatic rings. The lowest BCUT2D eigenvalue weighted by atomic mass is 9.86. The molecule has 5 nitrogen and oxygen atoms in total. The molecule has 0 spiro atoms. The number of rotatable bonds is 4. The Morgan fingerprint density at radius 1 is 1.04 bits per heavy atom.